The molecule has 0 atom stereocenters. The zero-order valence-electron chi connectivity index (χ0n) is 16.2. The van der Waals surface area contributed by atoms with Gasteiger partial charge in [-0.25, -0.2) is 8.78 Å². The van der Waals surface area contributed by atoms with Gasteiger partial charge in [0.1, 0.15) is 11.5 Å². The quantitative estimate of drug-likeness (QED) is 0.323. The molecule has 4 nitrogen and oxygen atoms in total. The first kappa shape index (κ1) is 22.2. The number of H-pyrrole nitrogens is 1. The number of benzene rings is 2. The van der Waals surface area contributed by atoms with E-state index in [0.29, 0.717) is 30.3 Å². The third kappa shape index (κ3) is 5.17. The van der Waals surface area contributed by atoms with E-state index in [1.807, 2.05) is 12.3 Å². The van der Waals surface area contributed by atoms with E-state index in [1.165, 1.54) is 6.07 Å². The van der Waals surface area contributed by atoms with E-state index in [-0.39, 0.29) is 5.75 Å². The molecular formula is C21H21ClF4N2O2. The van der Waals surface area contributed by atoms with E-state index in [2.05, 4.69) is 10.3 Å². The zero-order chi connectivity index (χ0) is 21.7. The van der Waals surface area contributed by atoms with E-state index >= 15 is 0 Å². The molecule has 2 N–H and O–H groups in total. The molecule has 0 radical (unpaired) electrons. The Bertz CT molecular complexity index is 994. The molecule has 0 fully saturated rings. The zero-order valence-corrected chi connectivity index (χ0v) is 16.9. The van der Waals surface area contributed by atoms with Gasteiger partial charge in [-0.1, -0.05) is 23.7 Å². The molecule has 3 aromatic rings. The highest BCUT2D eigenvalue weighted by Gasteiger charge is 2.41. The molecule has 1 aromatic heterocycles. The Labute approximate surface area is 176 Å². The van der Waals surface area contributed by atoms with Crippen LogP contribution in [0.5, 0.6) is 11.5 Å². The molecule has 0 aliphatic heterocycles. The van der Waals surface area contributed by atoms with Gasteiger partial charge in [-0.15, -0.1) is 0 Å². The molecule has 0 amide bonds. The van der Waals surface area contributed by atoms with Crippen LogP contribution in [0.25, 0.3) is 10.9 Å². The van der Waals surface area contributed by atoms with Gasteiger partial charge in [0.2, 0.25) is 0 Å². The Kier molecular flexibility index (Phi) is 7.10. The number of fused-ring (bicyclic) bond motifs is 1. The van der Waals surface area contributed by atoms with Gasteiger partial charge in [0.15, 0.2) is 6.61 Å². The molecule has 9 heteroatoms. The highest BCUT2D eigenvalue weighted by atomic mass is 35.5. The minimum absolute atomic E-state index is 0.116. The summed E-state index contributed by atoms with van der Waals surface area (Å²) in [5, 5.41) is 4.72. The SMILES string of the molecule is COc1ccc2[nH]cc(CCNCc3cccc(OCC(F)(F)C(F)F)c3)c2c1Cl. The highest BCUT2D eigenvalue weighted by Crippen LogP contribution is 2.34. The molecular weight excluding hydrogens is 424 g/mol. The highest BCUT2D eigenvalue weighted by molar-refractivity contribution is 6.37. The first-order valence-electron chi connectivity index (χ1n) is 9.22. The number of nitrogens with one attached hydrogen (secondary N) is 2. The van der Waals surface area contributed by atoms with Crippen LogP contribution in [0.4, 0.5) is 17.6 Å². The summed E-state index contributed by atoms with van der Waals surface area (Å²) in [6, 6.07) is 10.1. The van der Waals surface area contributed by atoms with Crippen molar-refractivity contribution in [1.82, 2.24) is 10.3 Å². The fourth-order valence-electron chi connectivity index (χ4n) is 3.03. The van der Waals surface area contributed by atoms with E-state index in [1.54, 1.807) is 31.4 Å². The van der Waals surface area contributed by atoms with Crippen LogP contribution in [-0.4, -0.2) is 37.6 Å². The standard InChI is InChI=1S/C21H21ClF4N2O2/c1-29-17-6-5-16-18(19(17)22)14(11-28-16)7-8-27-10-13-3-2-4-15(9-13)30-12-21(25,26)20(23)24/h2-6,9,11,20,27-28H,7-8,10,12H2,1H3. The van der Waals surface area contributed by atoms with Crippen molar-refractivity contribution in [2.75, 3.05) is 20.3 Å². The van der Waals surface area contributed by atoms with Crippen molar-refractivity contribution in [1.29, 1.82) is 0 Å². The Morgan fingerprint density at radius 2 is 2.00 bits per heavy atom. The van der Waals surface area contributed by atoms with Crippen LogP contribution >= 0.6 is 11.6 Å². The smallest absolute Gasteiger partial charge is 0.340 e. The van der Waals surface area contributed by atoms with E-state index in [4.69, 9.17) is 21.1 Å². The number of rotatable bonds is 10. The summed E-state index contributed by atoms with van der Waals surface area (Å²) in [7, 11) is 1.56. The maximum absolute atomic E-state index is 13.0. The van der Waals surface area contributed by atoms with E-state index in [9.17, 15) is 17.6 Å². The van der Waals surface area contributed by atoms with Gasteiger partial charge in [-0.05, 0) is 48.4 Å². The van der Waals surface area contributed by atoms with Crippen LogP contribution in [-0.2, 0) is 13.0 Å². The maximum Gasteiger partial charge on any atom is 0.340 e. The average Bonchev–Trinajstić information content (AvgIpc) is 3.14. The monoisotopic (exact) mass is 444 g/mol. The van der Waals surface area contributed by atoms with Gasteiger partial charge in [0, 0.05) is 23.6 Å². The lowest BCUT2D eigenvalue weighted by atomic mass is 10.1. The lowest BCUT2D eigenvalue weighted by Crippen LogP contribution is -2.33. The summed E-state index contributed by atoms with van der Waals surface area (Å²) in [5.41, 5.74) is 2.74. The Balaban J connectivity index is 1.54. The molecule has 0 spiro atoms. The molecule has 0 saturated heterocycles. The largest absolute Gasteiger partial charge is 0.495 e. The third-order valence-corrected chi connectivity index (χ3v) is 4.97. The Morgan fingerprint density at radius 1 is 1.20 bits per heavy atom. The summed E-state index contributed by atoms with van der Waals surface area (Å²) in [6.45, 7) is -0.275. The van der Waals surface area contributed by atoms with Crippen LogP contribution in [0.3, 0.4) is 0 Å². The van der Waals surface area contributed by atoms with Crippen molar-refractivity contribution < 1.29 is 27.0 Å². The van der Waals surface area contributed by atoms with Crippen molar-refractivity contribution in [3.8, 4) is 11.5 Å². The molecule has 0 saturated carbocycles. The van der Waals surface area contributed by atoms with Crippen molar-refractivity contribution >= 4 is 22.5 Å². The fourth-order valence-corrected chi connectivity index (χ4v) is 3.39. The van der Waals surface area contributed by atoms with Gasteiger partial charge >= 0.3 is 12.3 Å². The van der Waals surface area contributed by atoms with E-state index in [0.717, 1.165) is 22.0 Å². The molecule has 2 aromatic carbocycles. The second kappa shape index (κ2) is 9.57. The van der Waals surface area contributed by atoms with Crippen LogP contribution in [0.1, 0.15) is 11.1 Å². The lowest BCUT2D eigenvalue weighted by molar-refractivity contribution is -0.148. The van der Waals surface area contributed by atoms with Crippen molar-refractivity contribution in [3.05, 3.63) is 58.7 Å². The molecule has 0 bridgehead atoms. The summed E-state index contributed by atoms with van der Waals surface area (Å²) >= 11 is 6.42. The summed E-state index contributed by atoms with van der Waals surface area (Å²) in [6.07, 6.45) is -1.17. The third-order valence-electron chi connectivity index (χ3n) is 4.60. The fraction of sp³-hybridized carbons (Fsp3) is 0.333. The first-order valence-corrected chi connectivity index (χ1v) is 9.60. The Hall–Kier alpha value is -2.45. The second-order valence-electron chi connectivity index (χ2n) is 6.74. The molecule has 0 unspecified atom stereocenters. The maximum atomic E-state index is 13.0. The average molecular weight is 445 g/mol. The number of hydrogen-bond acceptors (Lipinski definition) is 3. The van der Waals surface area contributed by atoms with Gasteiger partial charge in [0.05, 0.1) is 12.1 Å². The predicted molar refractivity (Wildman–Crippen MR) is 108 cm³/mol. The minimum Gasteiger partial charge on any atom is -0.495 e. The van der Waals surface area contributed by atoms with Crippen LogP contribution in [0.15, 0.2) is 42.6 Å². The van der Waals surface area contributed by atoms with Gasteiger partial charge in [-0.2, -0.15) is 8.78 Å². The van der Waals surface area contributed by atoms with Crippen LogP contribution < -0.4 is 14.8 Å². The van der Waals surface area contributed by atoms with Crippen molar-refractivity contribution in [3.63, 3.8) is 0 Å². The summed E-state index contributed by atoms with van der Waals surface area (Å²) in [4.78, 5) is 3.18. The Morgan fingerprint density at radius 3 is 2.73 bits per heavy atom. The van der Waals surface area contributed by atoms with Crippen molar-refractivity contribution in [2.24, 2.45) is 0 Å². The van der Waals surface area contributed by atoms with Gasteiger partial charge in [0.25, 0.3) is 0 Å². The first-order chi connectivity index (χ1) is 14.3. The minimum atomic E-state index is -4.18. The lowest BCUT2D eigenvalue weighted by Gasteiger charge is -2.16. The van der Waals surface area contributed by atoms with Crippen LogP contribution in [0.2, 0.25) is 5.02 Å². The number of halogens is 5. The molecule has 162 valence electrons. The number of aromatic amines is 1. The number of hydrogen-bond donors (Lipinski definition) is 2. The molecule has 1 heterocycles. The summed E-state index contributed by atoms with van der Waals surface area (Å²) < 4.78 is 60.5. The molecule has 0 aliphatic carbocycles. The topological polar surface area (TPSA) is 46.3 Å². The van der Waals surface area contributed by atoms with Gasteiger partial charge < -0.3 is 19.8 Å². The normalized spacial score (nSPS) is 12.0. The number of methoxy groups -OCH3 is 1. The molecule has 0 aliphatic rings. The number of alkyl halides is 4. The molecule has 3 rings (SSSR count). The number of ether oxygens (including phenoxy) is 2. The van der Waals surface area contributed by atoms with E-state index < -0.39 is 19.0 Å². The summed E-state index contributed by atoms with van der Waals surface area (Å²) in [5.74, 6) is -3.46. The van der Waals surface area contributed by atoms with Gasteiger partial charge in [-0.3, -0.25) is 0 Å². The second-order valence-corrected chi connectivity index (χ2v) is 7.12. The number of aromatic nitrogens is 1. The molecule has 30 heavy (non-hydrogen) atoms. The van der Waals surface area contributed by atoms with Crippen molar-refractivity contribution in [2.45, 2.75) is 25.3 Å². The van der Waals surface area contributed by atoms with Crippen LogP contribution in [0, 0.1) is 0 Å². The predicted octanol–water partition coefficient (Wildman–Crippen LogP) is 5.44.